The van der Waals surface area contributed by atoms with Gasteiger partial charge in [0.15, 0.2) is 11.6 Å². The molecule has 0 saturated carbocycles. The van der Waals surface area contributed by atoms with Gasteiger partial charge in [-0.05, 0) is 24.6 Å². The lowest BCUT2D eigenvalue weighted by atomic mass is 10.1. The lowest BCUT2D eigenvalue weighted by Gasteiger charge is -2.21. The minimum atomic E-state index is -0.725. The summed E-state index contributed by atoms with van der Waals surface area (Å²) in [4.78, 5) is 1.50. The highest BCUT2D eigenvalue weighted by Crippen LogP contribution is 2.25. The Hall–Kier alpha value is -2.41. The van der Waals surface area contributed by atoms with E-state index in [4.69, 9.17) is 5.26 Å². The van der Waals surface area contributed by atoms with Gasteiger partial charge in [0.1, 0.15) is 5.69 Å². The third-order valence-electron chi connectivity index (χ3n) is 3.03. The van der Waals surface area contributed by atoms with Crippen LogP contribution in [0.25, 0.3) is 0 Å². The Morgan fingerprint density at radius 1 is 1.15 bits per heavy atom. The van der Waals surface area contributed by atoms with E-state index in [2.05, 4.69) is 0 Å². The summed E-state index contributed by atoms with van der Waals surface area (Å²) in [6.45, 7) is 2.35. The van der Waals surface area contributed by atoms with Crippen molar-refractivity contribution in [1.29, 1.82) is 5.26 Å². The fourth-order valence-corrected chi connectivity index (χ4v) is 2.16. The first kappa shape index (κ1) is 14.0. The molecule has 0 aliphatic rings. The molecule has 0 aromatic heterocycles. The summed E-state index contributed by atoms with van der Waals surface area (Å²) in [7, 11) is 1.62. The molecule has 0 radical (unpaired) electrons. The molecule has 0 bridgehead atoms. The Morgan fingerprint density at radius 3 is 2.35 bits per heavy atom. The second kappa shape index (κ2) is 5.70. The Balaban J connectivity index is 2.30. The SMILES string of the molecule is Cc1cccc(CN(C)c2c(F)cc(C#N)cc2F)c1. The molecule has 0 atom stereocenters. The van der Waals surface area contributed by atoms with Crippen LogP contribution in [0.3, 0.4) is 0 Å². The van der Waals surface area contributed by atoms with Crippen LogP contribution in [0, 0.1) is 29.9 Å². The van der Waals surface area contributed by atoms with Crippen LogP contribution in [-0.2, 0) is 6.54 Å². The zero-order chi connectivity index (χ0) is 14.7. The maximum atomic E-state index is 13.9. The van der Waals surface area contributed by atoms with E-state index in [1.165, 1.54) is 4.90 Å². The van der Waals surface area contributed by atoms with Gasteiger partial charge in [0, 0.05) is 13.6 Å². The number of hydrogen-bond donors (Lipinski definition) is 0. The summed E-state index contributed by atoms with van der Waals surface area (Å²) in [6.07, 6.45) is 0. The fourth-order valence-electron chi connectivity index (χ4n) is 2.16. The van der Waals surface area contributed by atoms with Crippen LogP contribution in [-0.4, -0.2) is 7.05 Å². The first-order chi connectivity index (χ1) is 9.51. The van der Waals surface area contributed by atoms with Gasteiger partial charge in [-0.1, -0.05) is 29.8 Å². The monoisotopic (exact) mass is 272 g/mol. The van der Waals surface area contributed by atoms with E-state index in [-0.39, 0.29) is 11.3 Å². The summed E-state index contributed by atoms with van der Waals surface area (Å²) in [5.74, 6) is -1.45. The zero-order valence-corrected chi connectivity index (χ0v) is 11.3. The highest BCUT2D eigenvalue weighted by atomic mass is 19.1. The second-order valence-electron chi connectivity index (χ2n) is 4.75. The molecule has 2 rings (SSSR count). The number of halogens is 2. The number of nitrogens with zero attached hydrogens (tertiary/aromatic N) is 2. The summed E-state index contributed by atoms with van der Waals surface area (Å²) >= 11 is 0. The smallest absolute Gasteiger partial charge is 0.150 e. The van der Waals surface area contributed by atoms with E-state index in [1.54, 1.807) is 13.1 Å². The van der Waals surface area contributed by atoms with E-state index >= 15 is 0 Å². The van der Waals surface area contributed by atoms with Crippen molar-refractivity contribution >= 4 is 5.69 Å². The van der Waals surface area contributed by atoms with Crippen LogP contribution in [0.5, 0.6) is 0 Å². The molecule has 0 fully saturated rings. The van der Waals surface area contributed by atoms with Gasteiger partial charge in [-0.2, -0.15) is 5.26 Å². The Kier molecular flexibility index (Phi) is 3.99. The van der Waals surface area contributed by atoms with Gasteiger partial charge in [-0.15, -0.1) is 0 Å². The third-order valence-corrected chi connectivity index (χ3v) is 3.03. The average molecular weight is 272 g/mol. The van der Waals surface area contributed by atoms with Gasteiger partial charge < -0.3 is 4.90 Å². The first-order valence-corrected chi connectivity index (χ1v) is 6.17. The normalized spacial score (nSPS) is 10.2. The van der Waals surface area contributed by atoms with Crippen molar-refractivity contribution in [3.05, 3.63) is 64.7 Å². The largest absolute Gasteiger partial charge is 0.366 e. The Bertz CT molecular complexity index is 651. The molecule has 2 nitrogen and oxygen atoms in total. The molecular formula is C16H14F2N2. The number of benzene rings is 2. The lowest BCUT2D eigenvalue weighted by Crippen LogP contribution is -2.19. The summed E-state index contributed by atoms with van der Waals surface area (Å²) in [6, 6.07) is 11.6. The molecule has 2 aromatic carbocycles. The molecule has 0 aliphatic carbocycles. The maximum Gasteiger partial charge on any atom is 0.150 e. The topological polar surface area (TPSA) is 27.0 Å². The van der Waals surface area contributed by atoms with Gasteiger partial charge in [-0.25, -0.2) is 8.78 Å². The van der Waals surface area contributed by atoms with Crippen LogP contribution < -0.4 is 4.90 Å². The summed E-state index contributed by atoms with van der Waals surface area (Å²) < 4.78 is 27.8. The van der Waals surface area contributed by atoms with Gasteiger partial charge >= 0.3 is 0 Å². The van der Waals surface area contributed by atoms with Crippen molar-refractivity contribution in [3.8, 4) is 6.07 Å². The van der Waals surface area contributed by atoms with Crippen molar-refractivity contribution in [2.24, 2.45) is 0 Å². The number of aryl methyl sites for hydroxylation is 1. The van der Waals surface area contributed by atoms with Crippen LogP contribution in [0.15, 0.2) is 36.4 Å². The van der Waals surface area contributed by atoms with E-state index < -0.39 is 11.6 Å². The third kappa shape index (κ3) is 2.94. The van der Waals surface area contributed by atoms with Gasteiger partial charge in [0.2, 0.25) is 0 Å². The van der Waals surface area contributed by atoms with E-state index in [0.717, 1.165) is 23.3 Å². The molecule has 0 aliphatic heterocycles. The number of rotatable bonds is 3. The minimum Gasteiger partial charge on any atom is -0.366 e. The highest BCUT2D eigenvalue weighted by molar-refractivity contribution is 5.52. The highest BCUT2D eigenvalue weighted by Gasteiger charge is 2.15. The van der Waals surface area contributed by atoms with Gasteiger partial charge in [0.25, 0.3) is 0 Å². The zero-order valence-electron chi connectivity index (χ0n) is 11.3. The average Bonchev–Trinajstić information content (AvgIpc) is 2.37. The van der Waals surface area contributed by atoms with Crippen molar-refractivity contribution in [2.45, 2.75) is 13.5 Å². The van der Waals surface area contributed by atoms with Crippen molar-refractivity contribution in [1.82, 2.24) is 0 Å². The number of hydrogen-bond acceptors (Lipinski definition) is 2. The molecule has 0 saturated heterocycles. The molecule has 0 heterocycles. The standard InChI is InChI=1S/C16H14F2N2/c1-11-4-3-5-12(6-11)10-20(2)16-14(17)7-13(9-19)8-15(16)18/h3-8H,10H2,1-2H3. The molecule has 0 amide bonds. The van der Waals surface area contributed by atoms with Crippen LogP contribution in [0.4, 0.5) is 14.5 Å². The summed E-state index contributed by atoms with van der Waals surface area (Å²) in [5.41, 5.74) is 1.92. The predicted molar refractivity (Wildman–Crippen MR) is 74.4 cm³/mol. The van der Waals surface area contributed by atoms with Crippen molar-refractivity contribution in [3.63, 3.8) is 0 Å². The molecule has 2 aromatic rings. The van der Waals surface area contributed by atoms with E-state index in [9.17, 15) is 8.78 Å². The van der Waals surface area contributed by atoms with Crippen LogP contribution in [0.2, 0.25) is 0 Å². The quantitative estimate of drug-likeness (QED) is 0.850. The minimum absolute atomic E-state index is 0.0206. The number of nitriles is 1. The van der Waals surface area contributed by atoms with Crippen LogP contribution in [0.1, 0.15) is 16.7 Å². The molecule has 102 valence electrons. The van der Waals surface area contributed by atoms with E-state index in [0.29, 0.717) is 6.54 Å². The molecule has 4 heteroatoms. The molecule has 0 unspecified atom stereocenters. The van der Waals surface area contributed by atoms with Crippen molar-refractivity contribution in [2.75, 3.05) is 11.9 Å². The molecule has 0 spiro atoms. The summed E-state index contributed by atoms with van der Waals surface area (Å²) in [5, 5.41) is 8.68. The number of anilines is 1. The van der Waals surface area contributed by atoms with Crippen molar-refractivity contribution < 1.29 is 8.78 Å². The Labute approximate surface area is 116 Å². The Morgan fingerprint density at radius 2 is 1.80 bits per heavy atom. The molecule has 20 heavy (non-hydrogen) atoms. The maximum absolute atomic E-state index is 13.9. The first-order valence-electron chi connectivity index (χ1n) is 6.17. The van der Waals surface area contributed by atoms with Gasteiger partial charge in [0.05, 0.1) is 11.6 Å². The molecular weight excluding hydrogens is 258 g/mol. The lowest BCUT2D eigenvalue weighted by molar-refractivity contribution is 0.576. The predicted octanol–water partition coefficient (Wildman–Crippen LogP) is 3.78. The second-order valence-corrected chi connectivity index (χ2v) is 4.75. The van der Waals surface area contributed by atoms with Crippen LogP contribution >= 0.6 is 0 Å². The fraction of sp³-hybridized carbons (Fsp3) is 0.188. The van der Waals surface area contributed by atoms with E-state index in [1.807, 2.05) is 31.2 Å². The molecule has 0 N–H and O–H groups in total. The van der Waals surface area contributed by atoms with Gasteiger partial charge in [-0.3, -0.25) is 0 Å².